The Morgan fingerprint density at radius 1 is 0.778 bits per heavy atom. The number of ketones is 1. The predicted octanol–water partition coefficient (Wildman–Crippen LogP) is 3.16. The summed E-state index contributed by atoms with van der Waals surface area (Å²) in [4.78, 5) is 94.5. The average Bonchev–Trinajstić information content (AvgIpc) is 3.52. The number of unbranched alkanes of at least 4 members (excludes halogenated alkanes) is 1. The number of hydrogen-bond acceptors (Lipinski definition) is 9. The highest BCUT2D eigenvalue weighted by molar-refractivity contribution is 6.38. The number of nitrogens with two attached hydrogens (primary N) is 1. The Bertz CT molecular complexity index is 1330. The first-order valence-corrected chi connectivity index (χ1v) is 20.0. The molecule has 0 bridgehead atoms. The molecule has 0 aromatic carbocycles. The van der Waals surface area contributed by atoms with Crippen LogP contribution in [0.3, 0.4) is 0 Å². The van der Waals surface area contributed by atoms with Gasteiger partial charge in [-0.3, -0.25) is 28.8 Å². The largest absolute Gasteiger partial charge is 0.444 e. The van der Waals surface area contributed by atoms with Crippen molar-refractivity contribution in [1.29, 1.82) is 0 Å². The van der Waals surface area contributed by atoms with Gasteiger partial charge in [0.05, 0.1) is 24.3 Å². The van der Waals surface area contributed by atoms with Crippen LogP contribution in [0.15, 0.2) is 0 Å². The Kier molecular flexibility index (Phi) is 16.7. The quantitative estimate of drug-likeness (QED) is 0.146. The van der Waals surface area contributed by atoms with Crippen LogP contribution in [-0.4, -0.2) is 101 Å². The lowest BCUT2D eigenvalue weighted by Gasteiger charge is -2.35. The van der Waals surface area contributed by atoms with Gasteiger partial charge in [0.1, 0.15) is 23.7 Å². The van der Waals surface area contributed by atoms with Crippen LogP contribution >= 0.6 is 0 Å². The number of primary amides is 1. The number of carbonyl (C=O) groups is 7. The van der Waals surface area contributed by atoms with E-state index in [1.165, 1.54) is 4.90 Å². The van der Waals surface area contributed by atoms with Crippen LogP contribution in [0.5, 0.6) is 0 Å². The molecule has 0 aromatic heterocycles. The minimum atomic E-state index is -1.23. The van der Waals surface area contributed by atoms with Gasteiger partial charge in [-0.1, -0.05) is 58.3 Å². The van der Waals surface area contributed by atoms with Gasteiger partial charge in [0.2, 0.25) is 29.4 Å². The standard InChI is InChI=1S/C39H66N6O9/c1-8-9-20-27(32(47)35(50)41-22-29(46)43-30(33(40)48)24-16-12-10-13-17-24)42-34(49)28-21-26(53-38(2,3)4)23-45(28)36(51)31(25-18-14-11-15-19-25)44-37(52)54-39(5,6)7/h24-28,30-31H,8-23H2,1-7H3,(H2,40,48)(H,41,50)(H,42,49)(H,43,46)(H,44,52)/t26-,27?,28+,30+,31+/m1/s1. The van der Waals surface area contributed by atoms with Crippen LogP contribution in [0.1, 0.15) is 138 Å². The second-order valence-corrected chi connectivity index (χ2v) is 17.2. The van der Waals surface area contributed by atoms with Crippen molar-refractivity contribution in [2.75, 3.05) is 13.1 Å². The zero-order valence-corrected chi connectivity index (χ0v) is 33.6. The van der Waals surface area contributed by atoms with Crippen molar-refractivity contribution < 1.29 is 43.0 Å². The molecule has 2 aliphatic carbocycles. The zero-order valence-electron chi connectivity index (χ0n) is 33.6. The first-order valence-electron chi connectivity index (χ1n) is 20.0. The molecule has 3 aliphatic rings. The first kappa shape index (κ1) is 44.6. The fourth-order valence-corrected chi connectivity index (χ4v) is 7.80. The molecule has 5 atom stereocenters. The van der Waals surface area contributed by atoms with E-state index in [1.54, 1.807) is 20.8 Å². The van der Waals surface area contributed by atoms with Gasteiger partial charge < -0.3 is 41.4 Å². The zero-order chi connectivity index (χ0) is 40.2. The monoisotopic (exact) mass is 762 g/mol. The van der Waals surface area contributed by atoms with E-state index in [0.717, 1.165) is 64.2 Å². The Balaban J connectivity index is 1.77. The number of nitrogens with one attached hydrogen (secondary N) is 4. The van der Waals surface area contributed by atoms with Gasteiger partial charge in [-0.05, 0) is 85.5 Å². The Hall–Kier alpha value is -3.75. The SMILES string of the molecule is CCCCC(NC(=O)[C@@H]1C[C@@H](OC(C)(C)C)CN1C(=O)[C@@H](NC(=O)OC(C)(C)C)C1CCCCC1)C(=O)C(=O)NCC(=O)N[C@H](C(N)=O)C1CCCCC1. The lowest BCUT2D eigenvalue weighted by molar-refractivity contribution is -0.144. The van der Waals surface area contributed by atoms with Gasteiger partial charge in [-0.2, -0.15) is 0 Å². The summed E-state index contributed by atoms with van der Waals surface area (Å²) in [5.41, 5.74) is 4.20. The summed E-state index contributed by atoms with van der Waals surface area (Å²) < 4.78 is 11.8. The van der Waals surface area contributed by atoms with Gasteiger partial charge in [-0.15, -0.1) is 0 Å². The van der Waals surface area contributed by atoms with Crippen molar-refractivity contribution in [3.63, 3.8) is 0 Å². The lowest BCUT2D eigenvalue weighted by atomic mass is 9.83. The maximum atomic E-state index is 14.5. The Labute approximate surface area is 320 Å². The topological polar surface area (TPSA) is 215 Å². The van der Waals surface area contributed by atoms with Gasteiger partial charge in [0, 0.05) is 13.0 Å². The van der Waals surface area contributed by atoms with E-state index in [-0.39, 0.29) is 31.2 Å². The molecule has 3 rings (SSSR count). The lowest BCUT2D eigenvalue weighted by Crippen LogP contribution is -2.58. The molecule has 0 spiro atoms. The van der Waals surface area contributed by atoms with Gasteiger partial charge in [-0.25, -0.2) is 4.79 Å². The second kappa shape index (κ2) is 20.2. The third-order valence-electron chi connectivity index (χ3n) is 10.3. The molecular weight excluding hydrogens is 696 g/mol. The third kappa shape index (κ3) is 14.2. The Morgan fingerprint density at radius 2 is 1.35 bits per heavy atom. The van der Waals surface area contributed by atoms with Crippen molar-refractivity contribution >= 4 is 41.4 Å². The fourth-order valence-electron chi connectivity index (χ4n) is 7.80. The first-order chi connectivity index (χ1) is 25.3. The minimum Gasteiger partial charge on any atom is -0.444 e. The van der Waals surface area contributed by atoms with Crippen LogP contribution < -0.4 is 27.0 Å². The highest BCUT2D eigenvalue weighted by Gasteiger charge is 2.46. The van der Waals surface area contributed by atoms with Crippen LogP contribution in [0, 0.1) is 11.8 Å². The average molecular weight is 763 g/mol. The summed E-state index contributed by atoms with van der Waals surface area (Å²) in [6.45, 7) is 12.3. The predicted molar refractivity (Wildman–Crippen MR) is 202 cm³/mol. The van der Waals surface area contributed by atoms with Crippen molar-refractivity contribution in [3.8, 4) is 0 Å². The van der Waals surface area contributed by atoms with Crippen molar-refractivity contribution in [3.05, 3.63) is 0 Å². The molecule has 3 fully saturated rings. The van der Waals surface area contributed by atoms with Crippen LogP contribution in [0.4, 0.5) is 4.79 Å². The molecule has 0 radical (unpaired) electrons. The highest BCUT2D eigenvalue weighted by atomic mass is 16.6. The van der Waals surface area contributed by atoms with E-state index in [1.807, 2.05) is 27.7 Å². The van der Waals surface area contributed by atoms with Crippen molar-refractivity contribution in [2.24, 2.45) is 17.6 Å². The molecule has 15 nitrogen and oxygen atoms in total. The summed E-state index contributed by atoms with van der Waals surface area (Å²) in [5, 5.41) is 10.5. The number of hydrogen-bond donors (Lipinski definition) is 5. The second-order valence-electron chi connectivity index (χ2n) is 17.2. The summed E-state index contributed by atoms with van der Waals surface area (Å²) in [5.74, 6) is -4.62. The number of nitrogens with zero attached hydrogens (tertiary/aromatic N) is 1. The molecule has 6 amide bonds. The summed E-state index contributed by atoms with van der Waals surface area (Å²) in [6.07, 6.45) is 8.96. The summed E-state index contributed by atoms with van der Waals surface area (Å²) >= 11 is 0. The molecule has 1 unspecified atom stereocenters. The summed E-state index contributed by atoms with van der Waals surface area (Å²) in [6, 6.07) is -4.09. The third-order valence-corrected chi connectivity index (χ3v) is 10.3. The number of Topliss-reactive ketones (excluding diaryl/α,β-unsaturated/α-hetero) is 1. The molecular formula is C39H66N6O9. The normalized spacial score (nSPS) is 21.6. The molecule has 0 aromatic rings. The van der Waals surface area contributed by atoms with Gasteiger partial charge >= 0.3 is 6.09 Å². The molecule has 1 heterocycles. The number of likely N-dealkylation sites (tertiary alicyclic amines) is 1. The van der Waals surface area contributed by atoms with Gasteiger partial charge in [0.25, 0.3) is 5.91 Å². The number of amides is 6. The maximum Gasteiger partial charge on any atom is 0.408 e. The van der Waals surface area contributed by atoms with E-state index in [4.69, 9.17) is 15.2 Å². The molecule has 54 heavy (non-hydrogen) atoms. The van der Waals surface area contributed by atoms with Crippen LogP contribution in [-0.2, 0) is 38.2 Å². The van der Waals surface area contributed by atoms with Crippen LogP contribution in [0.2, 0.25) is 0 Å². The number of ether oxygens (including phenoxy) is 2. The maximum absolute atomic E-state index is 14.5. The minimum absolute atomic E-state index is 0.0870. The van der Waals surface area contributed by atoms with E-state index in [0.29, 0.717) is 12.8 Å². The molecule has 1 aliphatic heterocycles. The van der Waals surface area contributed by atoms with E-state index < -0.39 is 89.4 Å². The molecule has 2 saturated carbocycles. The molecule has 1 saturated heterocycles. The molecule has 306 valence electrons. The number of alkyl carbamates (subject to hydrolysis) is 1. The molecule has 15 heteroatoms. The van der Waals surface area contributed by atoms with Crippen LogP contribution in [0.25, 0.3) is 0 Å². The van der Waals surface area contributed by atoms with Crippen molar-refractivity contribution in [2.45, 2.75) is 180 Å². The highest BCUT2D eigenvalue weighted by Crippen LogP contribution is 2.31. The van der Waals surface area contributed by atoms with Crippen molar-refractivity contribution in [1.82, 2.24) is 26.2 Å². The van der Waals surface area contributed by atoms with E-state index >= 15 is 0 Å². The van der Waals surface area contributed by atoms with Gasteiger partial charge in [0.15, 0.2) is 0 Å². The summed E-state index contributed by atoms with van der Waals surface area (Å²) in [7, 11) is 0. The molecule has 6 N–H and O–H groups in total. The van der Waals surface area contributed by atoms with E-state index in [9.17, 15) is 33.6 Å². The fraction of sp³-hybridized carbons (Fsp3) is 0.821. The Morgan fingerprint density at radius 3 is 1.87 bits per heavy atom. The smallest absolute Gasteiger partial charge is 0.408 e. The number of rotatable bonds is 16. The number of carbonyl (C=O) groups excluding carboxylic acids is 7. The van der Waals surface area contributed by atoms with E-state index in [2.05, 4.69) is 21.3 Å².